The summed E-state index contributed by atoms with van der Waals surface area (Å²) < 4.78 is 51.5. The average molecular weight is 629 g/mol. The highest BCUT2D eigenvalue weighted by Gasteiger charge is 2.32. The molecular weight excluding hydrogens is 589 g/mol. The molecule has 2 aromatic heterocycles. The molecule has 0 radical (unpaired) electrons. The predicted molar refractivity (Wildman–Crippen MR) is 167 cm³/mol. The van der Waals surface area contributed by atoms with Crippen LogP contribution in [0.15, 0.2) is 54.7 Å². The van der Waals surface area contributed by atoms with E-state index in [4.69, 9.17) is 15.2 Å². The molecule has 0 atom stereocenters. The molecule has 1 fully saturated rings. The lowest BCUT2D eigenvalue weighted by atomic mass is 10.1. The highest BCUT2D eigenvalue weighted by atomic mass is 19.4. The van der Waals surface area contributed by atoms with Crippen molar-refractivity contribution in [3.05, 3.63) is 77.2 Å². The minimum Gasteiger partial charge on any atom is -0.494 e. The summed E-state index contributed by atoms with van der Waals surface area (Å²) in [5, 5.41) is 10.1. The number of piperazine rings is 1. The van der Waals surface area contributed by atoms with Crippen LogP contribution < -0.4 is 15.2 Å². The number of alkyl halides is 3. The number of hydrogen-bond donors (Lipinski definition) is 2. The molecule has 0 spiro atoms. The number of aryl methyl sites for hydroxylation is 1. The van der Waals surface area contributed by atoms with Crippen molar-refractivity contribution in [3.8, 4) is 17.2 Å². The SMILES string of the molecule is CN(C)Cc1cc(Oc2cccc3cc(C(=O)O)n(C)c23)ccn1.COc1c(N)cc(C(F)(F)F)cc1CN1CCN(C)CC1. The van der Waals surface area contributed by atoms with Gasteiger partial charge in [-0.25, -0.2) is 4.79 Å². The molecule has 0 unspecified atom stereocenters. The van der Waals surface area contributed by atoms with Crippen LogP contribution in [-0.4, -0.2) is 89.8 Å². The van der Waals surface area contributed by atoms with Crippen LogP contribution in [0, 0.1) is 0 Å². The largest absolute Gasteiger partial charge is 0.494 e. The van der Waals surface area contributed by atoms with E-state index in [1.54, 1.807) is 29.9 Å². The Hall–Kier alpha value is -4.33. The molecule has 1 aliphatic heterocycles. The highest BCUT2D eigenvalue weighted by molar-refractivity contribution is 5.96. The quantitative estimate of drug-likeness (QED) is 0.256. The fraction of sp³-hybridized carbons (Fsp3) is 0.375. The molecule has 4 aromatic rings. The second-order valence-corrected chi connectivity index (χ2v) is 11.2. The number of carbonyl (C=O) groups is 1. The molecule has 1 saturated heterocycles. The highest BCUT2D eigenvalue weighted by Crippen LogP contribution is 2.37. The number of para-hydroxylation sites is 1. The number of nitrogens with two attached hydrogens (primary N) is 1. The van der Waals surface area contributed by atoms with Gasteiger partial charge in [0, 0.05) is 69.5 Å². The van der Waals surface area contributed by atoms with E-state index in [2.05, 4.69) is 14.8 Å². The normalized spacial score (nSPS) is 14.3. The number of anilines is 1. The van der Waals surface area contributed by atoms with E-state index < -0.39 is 17.7 Å². The average Bonchev–Trinajstić information content (AvgIpc) is 3.31. The number of nitrogen functional groups attached to an aromatic ring is 1. The molecule has 0 aliphatic carbocycles. The van der Waals surface area contributed by atoms with E-state index >= 15 is 0 Å². The number of ether oxygens (including phenoxy) is 2. The summed E-state index contributed by atoms with van der Waals surface area (Å²) in [6.07, 6.45) is -2.70. The standard InChI is InChI=1S/C18H19N3O3.C14H20F3N3O/c1-20(2)11-13-10-14(7-8-19-13)24-16-6-4-5-12-9-15(18(22)23)21(3)17(12)16;1-19-3-5-20(6-4-19)9-10-7-11(14(15,16)17)8-12(18)13(10)21-2/h4-10H,11H2,1-3H3,(H,22,23);7-8H,3-6,9,18H2,1-2H3. The van der Waals surface area contributed by atoms with E-state index in [-0.39, 0.29) is 11.4 Å². The number of halogens is 3. The number of rotatable bonds is 8. The second-order valence-electron chi connectivity index (χ2n) is 11.2. The number of pyridine rings is 1. The van der Waals surface area contributed by atoms with Gasteiger partial charge >= 0.3 is 12.1 Å². The zero-order valence-electron chi connectivity index (χ0n) is 26.1. The van der Waals surface area contributed by atoms with Crippen LogP contribution in [0.5, 0.6) is 17.2 Å². The van der Waals surface area contributed by atoms with Crippen molar-refractivity contribution in [1.82, 2.24) is 24.3 Å². The fourth-order valence-electron chi connectivity index (χ4n) is 5.21. The van der Waals surface area contributed by atoms with Crippen molar-refractivity contribution in [2.24, 2.45) is 7.05 Å². The van der Waals surface area contributed by atoms with Gasteiger partial charge in [0.1, 0.15) is 17.2 Å². The van der Waals surface area contributed by atoms with Crippen molar-refractivity contribution >= 4 is 22.6 Å². The van der Waals surface area contributed by atoms with Crippen LogP contribution >= 0.6 is 0 Å². The number of methoxy groups -OCH3 is 1. The summed E-state index contributed by atoms with van der Waals surface area (Å²) in [7, 11) is 9.13. The smallest absolute Gasteiger partial charge is 0.416 e. The number of nitrogens with zero attached hydrogens (tertiary/aromatic N) is 5. The van der Waals surface area contributed by atoms with Crippen LogP contribution in [0.4, 0.5) is 18.9 Å². The zero-order chi connectivity index (χ0) is 32.9. The van der Waals surface area contributed by atoms with E-state index in [0.29, 0.717) is 35.9 Å². The Morgan fingerprint density at radius 2 is 1.78 bits per heavy atom. The summed E-state index contributed by atoms with van der Waals surface area (Å²) in [5.74, 6) is 0.663. The lowest BCUT2D eigenvalue weighted by Crippen LogP contribution is -2.43. The van der Waals surface area contributed by atoms with Crippen LogP contribution in [-0.2, 0) is 26.3 Å². The number of likely N-dealkylation sites (N-methyl/N-ethyl adjacent to an activating group) is 1. The predicted octanol–water partition coefficient (Wildman–Crippen LogP) is 5.17. The third-order valence-electron chi connectivity index (χ3n) is 7.45. The van der Waals surface area contributed by atoms with Gasteiger partial charge in [0.15, 0.2) is 5.75 Å². The van der Waals surface area contributed by atoms with Crippen molar-refractivity contribution in [3.63, 3.8) is 0 Å². The van der Waals surface area contributed by atoms with E-state index in [1.165, 1.54) is 7.11 Å². The van der Waals surface area contributed by atoms with Gasteiger partial charge in [-0.3, -0.25) is 9.88 Å². The van der Waals surface area contributed by atoms with Crippen LogP contribution in [0.2, 0.25) is 0 Å². The molecule has 5 rings (SSSR count). The minimum atomic E-state index is -4.41. The first kappa shape index (κ1) is 33.6. The first-order valence-electron chi connectivity index (χ1n) is 14.3. The second kappa shape index (κ2) is 14.2. The van der Waals surface area contributed by atoms with Crippen molar-refractivity contribution in [1.29, 1.82) is 0 Å². The molecule has 45 heavy (non-hydrogen) atoms. The Morgan fingerprint density at radius 3 is 2.40 bits per heavy atom. The molecule has 10 nitrogen and oxygen atoms in total. The Kier molecular flexibility index (Phi) is 10.6. The van der Waals surface area contributed by atoms with Gasteiger partial charge in [-0.1, -0.05) is 12.1 Å². The third-order valence-corrected chi connectivity index (χ3v) is 7.45. The van der Waals surface area contributed by atoms with Crippen LogP contribution in [0.25, 0.3) is 10.9 Å². The van der Waals surface area contributed by atoms with Gasteiger partial charge in [0.05, 0.1) is 29.6 Å². The molecule has 0 bridgehead atoms. The first-order valence-corrected chi connectivity index (χ1v) is 14.3. The molecule has 3 N–H and O–H groups in total. The zero-order valence-corrected chi connectivity index (χ0v) is 26.1. The lowest BCUT2D eigenvalue weighted by Gasteiger charge is -2.32. The van der Waals surface area contributed by atoms with Gasteiger partial charge in [0.2, 0.25) is 0 Å². The summed E-state index contributed by atoms with van der Waals surface area (Å²) in [6.45, 7) is 4.55. The van der Waals surface area contributed by atoms with E-state index in [9.17, 15) is 23.1 Å². The summed E-state index contributed by atoms with van der Waals surface area (Å²) in [4.78, 5) is 22.0. The Morgan fingerprint density at radius 1 is 1.07 bits per heavy atom. The van der Waals surface area contributed by atoms with Gasteiger partial charge in [-0.2, -0.15) is 13.2 Å². The fourth-order valence-corrected chi connectivity index (χ4v) is 5.21. The van der Waals surface area contributed by atoms with Crippen LogP contribution in [0.3, 0.4) is 0 Å². The number of carboxylic acid groups (broad SMARTS) is 1. The van der Waals surface area contributed by atoms with Gasteiger partial charge < -0.3 is 34.7 Å². The van der Waals surface area contributed by atoms with Crippen molar-refractivity contribution in [2.75, 3.05) is 60.2 Å². The monoisotopic (exact) mass is 628 g/mol. The topological polar surface area (TPSA) is 109 Å². The lowest BCUT2D eigenvalue weighted by molar-refractivity contribution is -0.137. The first-order chi connectivity index (χ1) is 21.3. The molecular formula is C32H39F3N6O4. The number of carboxylic acids is 1. The maximum absolute atomic E-state index is 12.9. The molecule has 1 aliphatic rings. The Bertz CT molecular complexity index is 1630. The molecule has 13 heteroatoms. The van der Waals surface area contributed by atoms with E-state index in [0.717, 1.165) is 54.9 Å². The van der Waals surface area contributed by atoms with Gasteiger partial charge in [-0.15, -0.1) is 0 Å². The molecule has 242 valence electrons. The van der Waals surface area contributed by atoms with Crippen LogP contribution in [0.1, 0.15) is 27.3 Å². The molecule has 3 heterocycles. The van der Waals surface area contributed by atoms with E-state index in [1.807, 2.05) is 50.3 Å². The molecule has 0 amide bonds. The van der Waals surface area contributed by atoms with Gasteiger partial charge in [-0.05, 0) is 51.5 Å². The third kappa shape index (κ3) is 8.44. The van der Waals surface area contributed by atoms with Crippen molar-refractivity contribution in [2.45, 2.75) is 19.3 Å². The molecule has 2 aromatic carbocycles. The van der Waals surface area contributed by atoms with Gasteiger partial charge in [0.25, 0.3) is 0 Å². The number of benzene rings is 2. The number of hydrogen-bond acceptors (Lipinski definition) is 8. The Labute approximate surface area is 260 Å². The van der Waals surface area contributed by atoms with Crippen molar-refractivity contribution < 1.29 is 32.5 Å². The number of aromatic nitrogens is 2. The number of fused-ring (bicyclic) bond motifs is 1. The maximum atomic E-state index is 12.9. The number of aromatic carboxylic acids is 1. The summed E-state index contributed by atoms with van der Waals surface area (Å²) in [6, 6.07) is 12.9. The minimum absolute atomic E-state index is 0.0245. The summed E-state index contributed by atoms with van der Waals surface area (Å²) in [5.41, 5.74) is 7.36. The maximum Gasteiger partial charge on any atom is 0.416 e. The molecule has 0 saturated carbocycles. The Balaban J connectivity index is 0.000000207. The summed E-state index contributed by atoms with van der Waals surface area (Å²) >= 11 is 0.